The number of hydrogen-bond donors (Lipinski definition) is 1. The lowest BCUT2D eigenvalue weighted by atomic mass is 9.95. The van der Waals surface area contributed by atoms with Crippen LogP contribution in [0.5, 0.6) is 0 Å². The minimum absolute atomic E-state index is 0.0737. The predicted molar refractivity (Wildman–Crippen MR) is 97.4 cm³/mol. The zero-order chi connectivity index (χ0) is 16.3. The van der Waals surface area contributed by atoms with Gasteiger partial charge in [-0.2, -0.15) is 0 Å². The van der Waals surface area contributed by atoms with Crippen LogP contribution in [-0.4, -0.2) is 26.5 Å². The number of rotatable bonds is 6. The van der Waals surface area contributed by atoms with E-state index in [-0.39, 0.29) is 10.5 Å². The fourth-order valence-corrected chi connectivity index (χ4v) is 2.87. The van der Waals surface area contributed by atoms with Gasteiger partial charge in [-0.3, -0.25) is 0 Å². The monoisotopic (exact) mass is 372 g/mol. The van der Waals surface area contributed by atoms with Crippen molar-refractivity contribution in [3.63, 3.8) is 0 Å². The van der Waals surface area contributed by atoms with Gasteiger partial charge in [0.15, 0.2) is 8.32 Å². The van der Waals surface area contributed by atoms with E-state index in [1.54, 1.807) is 0 Å². The van der Waals surface area contributed by atoms with Gasteiger partial charge in [0.2, 0.25) is 0 Å². The van der Waals surface area contributed by atoms with Crippen LogP contribution in [0.1, 0.15) is 34.6 Å². The summed E-state index contributed by atoms with van der Waals surface area (Å²) in [4.78, 5) is 4.34. The van der Waals surface area contributed by atoms with Crippen LogP contribution < -0.4 is 5.32 Å². The Kier molecular flexibility index (Phi) is 6.04. The van der Waals surface area contributed by atoms with E-state index in [9.17, 15) is 0 Å². The van der Waals surface area contributed by atoms with Crippen molar-refractivity contribution in [2.45, 2.75) is 52.8 Å². The second-order valence-electron chi connectivity index (χ2n) is 7.93. The fraction of sp³-hybridized carbons (Fsp3) is 0.688. The van der Waals surface area contributed by atoms with Gasteiger partial charge in [-0.1, -0.05) is 34.6 Å². The summed E-state index contributed by atoms with van der Waals surface area (Å²) in [6.45, 7) is 17.5. The molecular weight excluding hydrogens is 344 g/mol. The maximum absolute atomic E-state index is 6.34. The Balaban J connectivity index is 2.52. The van der Waals surface area contributed by atoms with E-state index in [1.165, 1.54) is 0 Å². The summed E-state index contributed by atoms with van der Waals surface area (Å²) in [6.07, 6.45) is 1.81. The third-order valence-electron chi connectivity index (χ3n) is 4.11. The van der Waals surface area contributed by atoms with Gasteiger partial charge in [-0.05, 0) is 46.2 Å². The van der Waals surface area contributed by atoms with Gasteiger partial charge in [-0.25, -0.2) is 4.98 Å². The number of hydrogen-bond acceptors (Lipinski definition) is 3. The zero-order valence-electron chi connectivity index (χ0n) is 14.4. The number of aromatic nitrogens is 1. The number of nitrogens with one attached hydrogen (secondary N) is 1. The summed E-state index contributed by atoms with van der Waals surface area (Å²) in [5.41, 5.74) is 0.0737. The molecule has 0 saturated heterocycles. The van der Waals surface area contributed by atoms with Crippen molar-refractivity contribution >= 4 is 30.1 Å². The molecule has 0 unspecified atom stereocenters. The Labute approximate surface area is 139 Å². The molecule has 21 heavy (non-hydrogen) atoms. The summed E-state index contributed by atoms with van der Waals surface area (Å²) in [5.74, 6) is 0.901. The van der Waals surface area contributed by atoms with Crippen LogP contribution in [0.2, 0.25) is 18.1 Å². The molecule has 0 fully saturated rings. The molecule has 0 aromatic carbocycles. The highest BCUT2D eigenvalue weighted by molar-refractivity contribution is 9.10. The first-order valence-electron chi connectivity index (χ1n) is 7.42. The number of anilines is 1. The molecule has 1 heterocycles. The molecule has 5 heteroatoms. The summed E-state index contributed by atoms with van der Waals surface area (Å²) < 4.78 is 7.33. The molecule has 3 nitrogen and oxygen atoms in total. The zero-order valence-corrected chi connectivity index (χ0v) is 17.0. The van der Waals surface area contributed by atoms with Crippen LogP contribution in [0, 0.1) is 5.41 Å². The molecular formula is C16H29BrN2OSi. The van der Waals surface area contributed by atoms with Crippen LogP contribution in [0.15, 0.2) is 22.8 Å². The first kappa shape index (κ1) is 18.7. The number of nitrogens with zero attached hydrogens (tertiary/aromatic N) is 1. The van der Waals surface area contributed by atoms with E-state index in [0.717, 1.165) is 23.4 Å². The van der Waals surface area contributed by atoms with Crippen LogP contribution >= 0.6 is 15.9 Å². The van der Waals surface area contributed by atoms with Gasteiger partial charge in [0.25, 0.3) is 0 Å². The standard InChI is InChI=1S/C16H29BrN2OSi/c1-15(2,3)21(6,7)20-12-16(4,5)11-19-14-9-8-13(17)10-18-14/h8-10H,11-12H2,1-7H3,(H,18,19). The van der Waals surface area contributed by atoms with Gasteiger partial charge >= 0.3 is 0 Å². The van der Waals surface area contributed by atoms with E-state index in [1.807, 2.05) is 18.3 Å². The quantitative estimate of drug-likeness (QED) is 0.687. The summed E-state index contributed by atoms with van der Waals surface area (Å²) in [6, 6.07) is 3.98. The van der Waals surface area contributed by atoms with E-state index < -0.39 is 8.32 Å². The van der Waals surface area contributed by atoms with E-state index in [0.29, 0.717) is 0 Å². The Bertz CT molecular complexity index is 452. The topological polar surface area (TPSA) is 34.2 Å². The highest BCUT2D eigenvalue weighted by atomic mass is 79.9. The molecule has 1 rings (SSSR count). The largest absolute Gasteiger partial charge is 0.416 e. The first-order chi connectivity index (χ1) is 9.43. The predicted octanol–water partition coefficient (Wildman–Crippen LogP) is 5.30. The fourth-order valence-electron chi connectivity index (χ4n) is 1.45. The second kappa shape index (κ2) is 6.80. The molecule has 0 radical (unpaired) electrons. The maximum Gasteiger partial charge on any atom is 0.192 e. The molecule has 0 bridgehead atoms. The van der Waals surface area contributed by atoms with Crippen molar-refractivity contribution < 1.29 is 4.43 Å². The van der Waals surface area contributed by atoms with Crippen LogP contribution in [-0.2, 0) is 4.43 Å². The van der Waals surface area contributed by atoms with Crippen molar-refractivity contribution in [3.8, 4) is 0 Å². The lowest BCUT2D eigenvalue weighted by Gasteiger charge is -2.39. The Morgan fingerprint density at radius 3 is 2.29 bits per heavy atom. The molecule has 120 valence electrons. The van der Waals surface area contributed by atoms with Crippen molar-refractivity contribution in [2.75, 3.05) is 18.5 Å². The van der Waals surface area contributed by atoms with Crippen LogP contribution in [0.3, 0.4) is 0 Å². The minimum Gasteiger partial charge on any atom is -0.416 e. The van der Waals surface area contributed by atoms with Crippen molar-refractivity contribution in [1.29, 1.82) is 0 Å². The third-order valence-corrected chi connectivity index (χ3v) is 9.05. The Morgan fingerprint density at radius 2 is 1.81 bits per heavy atom. The normalized spacial score (nSPS) is 13.3. The van der Waals surface area contributed by atoms with Gasteiger partial charge in [0, 0.05) is 29.2 Å². The minimum atomic E-state index is -1.68. The van der Waals surface area contributed by atoms with Crippen molar-refractivity contribution in [1.82, 2.24) is 4.98 Å². The molecule has 0 aliphatic carbocycles. The Morgan fingerprint density at radius 1 is 1.19 bits per heavy atom. The molecule has 0 spiro atoms. The van der Waals surface area contributed by atoms with E-state index >= 15 is 0 Å². The first-order valence-corrected chi connectivity index (χ1v) is 11.1. The average molecular weight is 373 g/mol. The van der Waals surface area contributed by atoms with E-state index in [4.69, 9.17) is 4.43 Å². The molecule has 0 aliphatic heterocycles. The molecule has 1 aromatic rings. The molecule has 1 aromatic heterocycles. The number of halogens is 1. The molecule has 0 aliphatic rings. The maximum atomic E-state index is 6.34. The molecule has 0 amide bonds. The van der Waals surface area contributed by atoms with Crippen LogP contribution in [0.25, 0.3) is 0 Å². The lowest BCUT2D eigenvalue weighted by molar-refractivity contribution is 0.175. The van der Waals surface area contributed by atoms with Gasteiger partial charge in [0.05, 0.1) is 0 Å². The third kappa shape index (κ3) is 6.08. The van der Waals surface area contributed by atoms with Gasteiger partial charge < -0.3 is 9.74 Å². The molecule has 0 atom stereocenters. The summed E-state index contributed by atoms with van der Waals surface area (Å²) >= 11 is 3.40. The highest BCUT2D eigenvalue weighted by Gasteiger charge is 2.38. The molecule has 0 saturated carbocycles. The number of pyridine rings is 1. The smallest absolute Gasteiger partial charge is 0.192 e. The average Bonchev–Trinajstić information content (AvgIpc) is 2.35. The van der Waals surface area contributed by atoms with E-state index in [2.05, 4.69) is 73.9 Å². The molecule has 1 N–H and O–H groups in total. The summed E-state index contributed by atoms with van der Waals surface area (Å²) in [7, 11) is -1.68. The van der Waals surface area contributed by atoms with Crippen molar-refractivity contribution in [2.24, 2.45) is 5.41 Å². The summed E-state index contributed by atoms with van der Waals surface area (Å²) in [5, 5.41) is 3.64. The van der Waals surface area contributed by atoms with Gasteiger partial charge in [0.1, 0.15) is 5.82 Å². The van der Waals surface area contributed by atoms with Gasteiger partial charge in [-0.15, -0.1) is 0 Å². The van der Waals surface area contributed by atoms with Crippen LogP contribution in [0.4, 0.5) is 5.82 Å². The highest BCUT2D eigenvalue weighted by Crippen LogP contribution is 2.37. The van der Waals surface area contributed by atoms with Crippen molar-refractivity contribution in [3.05, 3.63) is 22.8 Å². The SMILES string of the molecule is CC(C)(CNc1ccc(Br)cn1)CO[Si](C)(C)C(C)(C)C. The second-order valence-corrected chi connectivity index (χ2v) is 13.7. The lowest BCUT2D eigenvalue weighted by Crippen LogP contribution is -2.44. The Hall–Kier alpha value is -0.393.